The Balaban J connectivity index is 1.93. The van der Waals surface area contributed by atoms with E-state index in [9.17, 15) is 5.11 Å². The van der Waals surface area contributed by atoms with Crippen LogP contribution in [0.5, 0.6) is 5.75 Å². The van der Waals surface area contributed by atoms with Gasteiger partial charge in [-0.25, -0.2) is 4.99 Å². The number of aromatic hydroxyl groups is 1. The van der Waals surface area contributed by atoms with Crippen LogP contribution >= 0.6 is 11.3 Å². The van der Waals surface area contributed by atoms with Gasteiger partial charge in [0.1, 0.15) is 5.75 Å². The zero-order valence-electron chi connectivity index (χ0n) is 12.4. The fraction of sp³-hybridized carbons (Fsp3) is 0.312. The van der Waals surface area contributed by atoms with Crippen LogP contribution in [0.4, 0.5) is 0 Å². The van der Waals surface area contributed by atoms with Crippen molar-refractivity contribution in [3.8, 4) is 5.75 Å². The highest BCUT2D eigenvalue weighted by molar-refractivity contribution is 7.11. The lowest BCUT2D eigenvalue weighted by atomic mass is 10.2. The molecule has 0 saturated heterocycles. The van der Waals surface area contributed by atoms with Crippen molar-refractivity contribution < 1.29 is 5.11 Å². The van der Waals surface area contributed by atoms with Gasteiger partial charge < -0.3 is 15.7 Å². The monoisotopic (exact) mass is 303 g/mol. The van der Waals surface area contributed by atoms with Crippen LogP contribution in [-0.4, -0.2) is 17.6 Å². The van der Waals surface area contributed by atoms with Gasteiger partial charge in [0.05, 0.1) is 13.1 Å². The van der Waals surface area contributed by atoms with Gasteiger partial charge in [-0.05, 0) is 43.7 Å². The number of thiophene rings is 1. The maximum Gasteiger partial charge on any atom is 0.191 e. The summed E-state index contributed by atoms with van der Waals surface area (Å²) in [6, 6.07) is 11.4. The van der Waals surface area contributed by atoms with Crippen LogP contribution in [0.15, 0.2) is 41.4 Å². The summed E-state index contributed by atoms with van der Waals surface area (Å²) in [7, 11) is 0. The van der Waals surface area contributed by atoms with Gasteiger partial charge in [0, 0.05) is 16.3 Å². The first kappa shape index (κ1) is 15.4. The van der Waals surface area contributed by atoms with Crippen molar-refractivity contribution in [3.05, 3.63) is 51.7 Å². The maximum atomic E-state index is 9.27. The van der Waals surface area contributed by atoms with E-state index in [1.165, 1.54) is 9.75 Å². The normalized spacial score (nSPS) is 11.4. The van der Waals surface area contributed by atoms with Gasteiger partial charge in [-0.3, -0.25) is 0 Å². The molecule has 0 radical (unpaired) electrons. The highest BCUT2D eigenvalue weighted by Crippen LogP contribution is 2.14. The summed E-state index contributed by atoms with van der Waals surface area (Å²) in [5.74, 6) is 1.08. The van der Waals surface area contributed by atoms with Gasteiger partial charge in [0.15, 0.2) is 5.96 Å². The number of guanidine groups is 1. The molecule has 1 aromatic heterocycles. The molecule has 0 aliphatic rings. The molecule has 0 spiro atoms. The molecule has 4 nitrogen and oxygen atoms in total. The molecular weight excluding hydrogens is 282 g/mol. The van der Waals surface area contributed by atoms with E-state index in [2.05, 4.69) is 34.7 Å². The summed E-state index contributed by atoms with van der Waals surface area (Å²) in [6.07, 6.45) is 0. The molecule has 0 unspecified atom stereocenters. The van der Waals surface area contributed by atoms with E-state index in [0.717, 1.165) is 24.6 Å². The second-order valence-corrected chi connectivity index (χ2v) is 6.10. The molecule has 0 atom stereocenters. The van der Waals surface area contributed by atoms with Crippen molar-refractivity contribution in [1.29, 1.82) is 0 Å². The second-order valence-electron chi connectivity index (χ2n) is 4.73. The molecule has 0 saturated carbocycles. The number of aliphatic imine (C=N–C) groups is 1. The highest BCUT2D eigenvalue weighted by Gasteiger charge is 2.00. The molecule has 0 fully saturated rings. The number of hydrogen-bond donors (Lipinski definition) is 3. The van der Waals surface area contributed by atoms with Crippen molar-refractivity contribution in [2.45, 2.75) is 26.9 Å². The van der Waals surface area contributed by atoms with Crippen LogP contribution < -0.4 is 10.6 Å². The fourth-order valence-corrected chi connectivity index (χ4v) is 2.69. The SMILES string of the molecule is CCNC(=NCc1ccc(O)cc1)NCc1ccc(C)s1. The molecule has 0 aliphatic heterocycles. The highest BCUT2D eigenvalue weighted by atomic mass is 32.1. The molecule has 112 valence electrons. The minimum absolute atomic E-state index is 0.279. The van der Waals surface area contributed by atoms with Gasteiger partial charge in [-0.15, -0.1) is 11.3 Å². The summed E-state index contributed by atoms with van der Waals surface area (Å²) in [4.78, 5) is 7.16. The lowest BCUT2D eigenvalue weighted by Crippen LogP contribution is -2.36. The second kappa shape index (κ2) is 7.69. The molecule has 1 aromatic carbocycles. The molecular formula is C16H21N3OS. The standard InChI is InChI=1S/C16H21N3OS/c1-3-17-16(19-11-15-9-4-12(2)21-15)18-10-13-5-7-14(20)8-6-13/h4-9,20H,3,10-11H2,1-2H3,(H2,17,18,19). The van der Waals surface area contributed by atoms with Gasteiger partial charge in [0.25, 0.3) is 0 Å². The smallest absolute Gasteiger partial charge is 0.191 e. The first-order chi connectivity index (χ1) is 10.2. The predicted octanol–water partition coefficient (Wildman–Crippen LogP) is 3.02. The average molecular weight is 303 g/mol. The molecule has 2 aromatic rings. The first-order valence-electron chi connectivity index (χ1n) is 7.03. The zero-order valence-corrected chi connectivity index (χ0v) is 13.2. The van der Waals surface area contributed by atoms with Crippen LogP contribution in [0.3, 0.4) is 0 Å². The van der Waals surface area contributed by atoms with Crippen molar-refractivity contribution in [3.63, 3.8) is 0 Å². The number of phenols is 1. The Hall–Kier alpha value is -2.01. The molecule has 0 bridgehead atoms. The van der Waals surface area contributed by atoms with Gasteiger partial charge >= 0.3 is 0 Å². The zero-order chi connectivity index (χ0) is 15.1. The van der Waals surface area contributed by atoms with E-state index in [0.29, 0.717) is 6.54 Å². The quantitative estimate of drug-likeness (QED) is 0.588. The van der Waals surface area contributed by atoms with Crippen LogP contribution in [0, 0.1) is 6.92 Å². The average Bonchev–Trinajstić information content (AvgIpc) is 2.89. The Morgan fingerprint density at radius 1 is 1.14 bits per heavy atom. The first-order valence-corrected chi connectivity index (χ1v) is 7.84. The van der Waals surface area contributed by atoms with Crippen LogP contribution in [0.1, 0.15) is 22.2 Å². The molecule has 0 amide bonds. The van der Waals surface area contributed by atoms with E-state index >= 15 is 0 Å². The van der Waals surface area contributed by atoms with E-state index in [-0.39, 0.29) is 5.75 Å². The summed E-state index contributed by atoms with van der Waals surface area (Å²) < 4.78 is 0. The van der Waals surface area contributed by atoms with Gasteiger partial charge in [-0.1, -0.05) is 12.1 Å². The summed E-state index contributed by atoms with van der Waals surface area (Å²) in [5.41, 5.74) is 1.07. The number of rotatable bonds is 5. The van der Waals surface area contributed by atoms with Gasteiger partial charge in [-0.2, -0.15) is 0 Å². The minimum atomic E-state index is 0.279. The molecule has 1 heterocycles. The van der Waals surface area contributed by atoms with E-state index in [1.807, 2.05) is 19.1 Å². The third kappa shape index (κ3) is 5.11. The lowest BCUT2D eigenvalue weighted by molar-refractivity contribution is 0.475. The van der Waals surface area contributed by atoms with Crippen LogP contribution in [0.2, 0.25) is 0 Å². The number of phenolic OH excluding ortho intramolecular Hbond substituents is 1. The Morgan fingerprint density at radius 3 is 2.52 bits per heavy atom. The number of aryl methyl sites for hydroxylation is 1. The third-order valence-electron chi connectivity index (χ3n) is 2.93. The van der Waals surface area contributed by atoms with E-state index < -0.39 is 0 Å². The summed E-state index contributed by atoms with van der Waals surface area (Å²) in [6.45, 7) is 6.34. The number of nitrogens with zero attached hydrogens (tertiary/aromatic N) is 1. The minimum Gasteiger partial charge on any atom is -0.508 e. The van der Waals surface area contributed by atoms with Crippen LogP contribution in [-0.2, 0) is 13.1 Å². The van der Waals surface area contributed by atoms with E-state index in [4.69, 9.17) is 0 Å². The topological polar surface area (TPSA) is 56.7 Å². The summed E-state index contributed by atoms with van der Waals surface area (Å²) >= 11 is 1.79. The van der Waals surface area contributed by atoms with Crippen molar-refractivity contribution in [1.82, 2.24) is 10.6 Å². The van der Waals surface area contributed by atoms with Crippen molar-refractivity contribution in [2.75, 3.05) is 6.54 Å². The third-order valence-corrected chi connectivity index (χ3v) is 3.93. The van der Waals surface area contributed by atoms with Crippen LogP contribution in [0.25, 0.3) is 0 Å². The molecule has 0 aliphatic carbocycles. The summed E-state index contributed by atoms with van der Waals surface area (Å²) in [5, 5.41) is 15.8. The van der Waals surface area contributed by atoms with Gasteiger partial charge in [0.2, 0.25) is 0 Å². The molecule has 5 heteroatoms. The van der Waals surface area contributed by atoms with Crippen molar-refractivity contribution >= 4 is 17.3 Å². The Labute approximate surface area is 129 Å². The maximum absolute atomic E-state index is 9.27. The largest absolute Gasteiger partial charge is 0.508 e. The van der Waals surface area contributed by atoms with Crippen molar-refractivity contribution in [2.24, 2.45) is 4.99 Å². The molecule has 2 rings (SSSR count). The Kier molecular flexibility index (Phi) is 5.63. The predicted molar refractivity (Wildman–Crippen MR) is 88.8 cm³/mol. The fourth-order valence-electron chi connectivity index (χ4n) is 1.86. The molecule has 21 heavy (non-hydrogen) atoms. The number of hydrogen-bond acceptors (Lipinski definition) is 3. The number of nitrogens with one attached hydrogen (secondary N) is 2. The molecule has 3 N–H and O–H groups in total. The lowest BCUT2D eigenvalue weighted by Gasteiger charge is -2.10. The van der Waals surface area contributed by atoms with E-state index in [1.54, 1.807) is 23.5 Å². The number of benzene rings is 1. The Morgan fingerprint density at radius 2 is 1.90 bits per heavy atom. The Bertz CT molecular complexity index is 590.